The quantitative estimate of drug-likeness (QED) is 0.696. The molecule has 0 radical (unpaired) electrons. The van der Waals surface area contributed by atoms with E-state index in [1.807, 2.05) is 19.9 Å². The van der Waals surface area contributed by atoms with Crippen LogP contribution in [-0.4, -0.2) is 11.7 Å². The molecule has 4 heteroatoms. The molecule has 0 spiro atoms. The minimum atomic E-state index is -1.07. The van der Waals surface area contributed by atoms with E-state index in [2.05, 4.69) is 0 Å². The predicted molar refractivity (Wildman–Crippen MR) is 49.8 cm³/mol. The third-order valence-electron chi connectivity index (χ3n) is 1.31. The Hall–Kier alpha value is -0.480. The number of thiophene rings is 1. The summed E-state index contributed by atoms with van der Waals surface area (Å²) in [5, 5.41) is 10.6. The van der Waals surface area contributed by atoms with E-state index in [1.165, 1.54) is 11.3 Å². The van der Waals surface area contributed by atoms with E-state index in [1.54, 1.807) is 11.8 Å². The zero-order valence-corrected chi connectivity index (χ0v) is 8.55. The summed E-state index contributed by atoms with van der Waals surface area (Å²) >= 11 is 2.82. The second kappa shape index (κ2) is 3.96. The van der Waals surface area contributed by atoms with Crippen molar-refractivity contribution in [3.63, 3.8) is 0 Å². The molecule has 0 aliphatic carbocycles. The molecule has 0 atom stereocenters. The summed E-state index contributed by atoms with van der Waals surface area (Å²) in [6.07, 6.45) is 0. The van der Waals surface area contributed by atoms with E-state index in [9.17, 15) is 9.90 Å². The lowest BCUT2D eigenvalue weighted by Gasteiger charge is -2.00. The van der Waals surface area contributed by atoms with Crippen molar-refractivity contribution in [2.24, 2.45) is 0 Å². The largest absolute Gasteiger partial charge is 0.544 e. The van der Waals surface area contributed by atoms with E-state index in [0.29, 0.717) is 4.88 Å². The molecule has 0 aliphatic heterocycles. The molecule has 66 valence electrons. The minimum absolute atomic E-state index is 0.361. The fourth-order valence-corrected chi connectivity index (χ4v) is 2.80. The van der Waals surface area contributed by atoms with Gasteiger partial charge < -0.3 is 9.90 Å². The average molecular weight is 201 g/mol. The molecule has 1 heterocycles. The summed E-state index contributed by atoms with van der Waals surface area (Å²) in [6.45, 7) is 3.90. The highest BCUT2D eigenvalue weighted by Gasteiger charge is 2.06. The van der Waals surface area contributed by atoms with E-state index in [-0.39, 0.29) is 0 Å². The van der Waals surface area contributed by atoms with Crippen LogP contribution < -0.4 is 5.11 Å². The van der Waals surface area contributed by atoms with E-state index >= 15 is 0 Å². The van der Waals surface area contributed by atoms with Crippen LogP contribution in [0.2, 0.25) is 0 Å². The summed E-state index contributed by atoms with van der Waals surface area (Å²) in [6, 6.07) is 1.89. The molecule has 0 N–H and O–H groups in total. The van der Waals surface area contributed by atoms with E-state index in [0.717, 1.165) is 15.5 Å². The van der Waals surface area contributed by atoms with Crippen molar-refractivity contribution in [3.05, 3.63) is 15.8 Å². The first-order valence-corrected chi connectivity index (χ1v) is 5.40. The van der Waals surface area contributed by atoms with Gasteiger partial charge in [-0.05, 0) is 18.7 Å². The molecule has 1 rings (SSSR count). The van der Waals surface area contributed by atoms with E-state index in [4.69, 9.17) is 0 Å². The Bertz CT molecular complexity index is 291. The molecule has 0 amide bonds. The molecular weight excluding hydrogens is 192 g/mol. The van der Waals surface area contributed by atoms with Crippen LogP contribution >= 0.6 is 23.1 Å². The highest BCUT2D eigenvalue weighted by atomic mass is 32.2. The number of aryl methyl sites for hydroxylation is 1. The van der Waals surface area contributed by atoms with Gasteiger partial charge in [-0.3, -0.25) is 0 Å². The summed E-state index contributed by atoms with van der Waals surface area (Å²) in [5.74, 6) is -0.180. The van der Waals surface area contributed by atoms with Crippen molar-refractivity contribution < 1.29 is 9.90 Å². The normalized spacial score (nSPS) is 10.2. The van der Waals surface area contributed by atoms with Crippen LogP contribution in [0.5, 0.6) is 0 Å². The van der Waals surface area contributed by atoms with Gasteiger partial charge in [-0.1, -0.05) is 6.92 Å². The van der Waals surface area contributed by atoms with Gasteiger partial charge in [0.15, 0.2) is 0 Å². The molecule has 0 saturated heterocycles. The van der Waals surface area contributed by atoms with Gasteiger partial charge in [0.25, 0.3) is 0 Å². The van der Waals surface area contributed by atoms with Gasteiger partial charge in [0.05, 0.1) is 10.8 Å². The van der Waals surface area contributed by atoms with Crippen molar-refractivity contribution in [2.45, 2.75) is 18.7 Å². The maximum Gasteiger partial charge on any atom is 0.0826 e. The number of carbonyl (C=O) groups is 1. The second-order valence-electron chi connectivity index (χ2n) is 2.27. The molecule has 0 bridgehead atoms. The predicted octanol–water partition coefficient (Wildman–Crippen LogP) is 1.53. The zero-order valence-electron chi connectivity index (χ0n) is 6.92. The summed E-state index contributed by atoms with van der Waals surface area (Å²) in [7, 11) is 0. The van der Waals surface area contributed by atoms with Gasteiger partial charge in [-0.25, -0.2) is 0 Å². The van der Waals surface area contributed by atoms with Gasteiger partial charge in [0, 0.05) is 9.77 Å². The van der Waals surface area contributed by atoms with Gasteiger partial charge in [-0.15, -0.1) is 23.1 Å². The first-order chi connectivity index (χ1) is 5.65. The molecule has 2 nitrogen and oxygen atoms in total. The lowest BCUT2D eigenvalue weighted by molar-refractivity contribution is -0.254. The summed E-state index contributed by atoms with van der Waals surface area (Å²) < 4.78 is 0. The van der Waals surface area contributed by atoms with Crippen LogP contribution in [-0.2, 0) is 0 Å². The Morgan fingerprint density at radius 2 is 2.42 bits per heavy atom. The Morgan fingerprint density at radius 3 is 2.92 bits per heavy atom. The zero-order chi connectivity index (χ0) is 9.14. The molecule has 12 heavy (non-hydrogen) atoms. The summed E-state index contributed by atoms with van der Waals surface area (Å²) in [5.41, 5.74) is 0. The number of aromatic carboxylic acids is 1. The van der Waals surface area contributed by atoms with Crippen LogP contribution in [0.1, 0.15) is 21.5 Å². The fourth-order valence-electron chi connectivity index (χ4n) is 0.896. The van der Waals surface area contributed by atoms with Crippen LogP contribution in [0.15, 0.2) is 11.0 Å². The number of thioether (sulfide) groups is 1. The topological polar surface area (TPSA) is 40.1 Å². The van der Waals surface area contributed by atoms with Crippen LogP contribution in [0.3, 0.4) is 0 Å². The maximum atomic E-state index is 10.6. The number of hydrogen-bond donors (Lipinski definition) is 0. The van der Waals surface area contributed by atoms with Gasteiger partial charge in [-0.2, -0.15) is 0 Å². The third kappa shape index (κ3) is 2.01. The molecule has 0 saturated carbocycles. The van der Waals surface area contributed by atoms with E-state index < -0.39 is 5.97 Å². The molecule has 0 aliphatic rings. The van der Waals surface area contributed by atoms with Crippen LogP contribution in [0.4, 0.5) is 0 Å². The standard InChI is InChI=1S/C8H10O2S2/c1-3-11-6-4-5(2)12-7(6)8(9)10/h4H,3H2,1-2H3,(H,9,10)/p-1. The highest BCUT2D eigenvalue weighted by Crippen LogP contribution is 2.29. The highest BCUT2D eigenvalue weighted by molar-refractivity contribution is 7.99. The molecular formula is C8H9O2S2-. The SMILES string of the molecule is CCSc1cc(C)sc1C(=O)[O-]. The Labute approximate surface area is 79.6 Å². The van der Waals surface area contributed by atoms with Gasteiger partial charge in [0.1, 0.15) is 0 Å². The lowest BCUT2D eigenvalue weighted by atomic mass is 10.4. The number of carboxylic acid groups (broad SMARTS) is 1. The Kier molecular flexibility index (Phi) is 3.17. The molecule has 0 fully saturated rings. The third-order valence-corrected chi connectivity index (χ3v) is 3.39. The number of carboxylic acids is 1. The molecule has 0 aromatic carbocycles. The molecule has 1 aromatic rings. The lowest BCUT2D eigenvalue weighted by Crippen LogP contribution is -2.21. The van der Waals surface area contributed by atoms with Crippen LogP contribution in [0, 0.1) is 6.92 Å². The average Bonchev–Trinajstić information content (AvgIpc) is 2.32. The minimum Gasteiger partial charge on any atom is -0.544 e. The van der Waals surface area contributed by atoms with Crippen molar-refractivity contribution >= 4 is 29.1 Å². The van der Waals surface area contributed by atoms with Crippen molar-refractivity contribution in [3.8, 4) is 0 Å². The molecule has 0 unspecified atom stereocenters. The molecule has 1 aromatic heterocycles. The first kappa shape index (κ1) is 9.61. The fraction of sp³-hybridized carbons (Fsp3) is 0.375. The van der Waals surface area contributed by atoms with Gasteiger partial charge >= 0.3 is 0 Å². The number of rotatable bonds is 3. The number of hydrogen-bond acceptors (Lipinski definition) is 4. The second-order valence-corrected chi connectivity index (χ2v) is 4.83. The monoisotopic (exact) mass is 201 g/mol. The Balaban J connectivity index is 2.99. The first-order valence-electron chi connectivity index (χ1n) is 3.59. The summed E-state index contributed by atoms with van der Waals surface area (Å²) in [4.78, 5) is 12.8. The van der Waals surface area contributed by atoms with Crippen molar-refractivity contribution in [1.29, 1.82) is 0 Å². The smallest absolute Gasteiger partial charge is 0.0826 e. The number of carbonyl (C=O) groups excluding carboxylic acids is 1. The van der Waals surface area contributed by atoms with Crippen molar-refractivity contribution in [1.82, 2.24) is 0 Å². The maximum absolute atomic E-state index is 10.6. The van der Waals surface area contributed by atoms with Crippen LogP contribution in [0.25, 0.3) is 0 Å². The van der Waals surface area contributed by atoms with Crippen molar-refractivity contribution in [2.75, 3.05) is 5.75 Å². The Morgan fingerprint density at radius 1 is 1.75 bits per heavy atom. The van der Waals surface area contributed by atoms with Gasteiger partial charge in [0.2, 0.25) is 0 Å².